The molecule has 0 radical (unpaired) electrons. The van der Waals surface area contributed by atoms with E-state index in [1.807, 2.05) is 7.05 Å². The summed E-state index contributed by atoms with van der Waals surface area (Å²) in [5.41, 5.74) is 2.33. The van der Waals surface area contributed by atoms with Gasteiger partial charge in [-0.3, -0.25) is 0 Å². The second-order valence-corrected chi connectivity index (χ2v) is 5.83. The molecule has 2 heterocycles. The van der Waals surface area contributed by atoms with E-state index in [2.05, 4.69) is 51.2 Å². The van der Waals surface area contributed by atoms with Crippen LogP contribution >= 0.6 is 27.3 Å². The van der Waals surface area contributed by atoms with Gasteiger partial charge in [0.25, 0.3) is 0 Å². The van der Waals surface area contributed by atoms with Gasteiger partial charge in [-0.15, -0.1) is 11.3 Å². The minimum absolute atomic E-state index is 0.956. The van der Waals surface area contributed by atoms with E-state index in [1.54, 1.807) is 11.3 Å². The number of nitrogens with one attached hydrogen (secondary N) is 1. The molecular formula is C12H16BrN3S. The van der Waals surface area contributed by atoms with E-state index in [-0.39, 0.29) is 0 Å². The lowest BCUT2D eigenvalue weighted by molar-refractivity contribution is 0.710. The molecule has 0 atom stereocenters. The Morgan fingerprint density at radius 1 is 1.53 bits per heavy atom. The SMILES string of the molecule is CNCCc1nc(-c2cc(Br)cs2)c(C)n1C. The van der Waals surface area contributed by atoms with Crippen molar-refractivity contribution in [2.45, 2.75) is 13.3 Å². The topological polar surface area (TPSA) is 29.9 Å². The summed E-state index contributed by atoms with van der Waals surface area (Å²) in [7, 11) is 4.05. The van der Waals surface area contributed by atoms with Gasteiger partial charge in [0.2, 0.25) is 0 Å². The number of aromatic nitrogens is 2. The highest BCUT2D eigenvalue weighted by atomic mass is 79.9. The molecule has 0 aliphatic rings. The molecule has 0 aromatic carbocycles. The van der Waals surface area contributed by atoms with Crippen molar-refractivity contribution in [3.8, 4) is 10.6 Å². The zero-order valence-electron chi connectivity index (χ0n) is 10.2. The smallest absolute Gasteiger partial charge is 0.110 e. The van der Waals surface area contributed by atoms with Crippen LogP contribution < -0.4 is 5.32 Å². The molecule has 0 saturated heterocycles. The third-order valence-electron chi connectivity index (χ3n) is 2.87. The van der Waals surface area contributed by atoms with Gasteiger partial charge in [0.1, 0.15) is 11.5 Å². The molecule has 0 saturated carbocycles. The lowest BCUT2D eigenvalue weighted by Crippen LogP contribution is -2.13. The zero-order chi connectivity index (χ0) is 12.4. The number of thiophene rings is 1. The highest BCUT2D eigenvalue weighted by Crippen LogP contribution is 2.31. The van der Waals surface area contributed by atoms with Gasteiger partial charge in [0.15, 0.2) is 0 Å². The van der Waals surface area contributed by atoms with Gasteiger partial charge in [-0.1, -0.05) is 0 Å². The summed E-state index contributed by atoms with van der Waals surface area (Å²) >= 11 is 5.21. The van der Waals surface area contributed by atoms with Crippen molar-refractivity contribution in [1.29, 1.82) is 0 Å². The molecule has 0 aliphatic heterocycles. The van der Waals surface area contributed by atoms with Gasteiger partial charge >= 0.3 is 0 Å². The Morgan fingerprint density at radius 3 is 2.88 bits per heavy atom. The third-order valence-corrected chi connectivity index (χ3v) is 4.57. The monoisotopic (exact) mass is 313 g/mol. The molecule has 0 unspecified atom stereocenters. The number of hydrogen-bond donors (Lipinski definition) is 1. The third kappa shape index (κ3) is 2.61. The second-order valence-electron chi connectivity index (χ2n) is 4.00. The Labute approximate surface area is 114 Å². The molecule has 1 N–H and O–H groups in total. The van der Waals surface area contributed by atoms with Crippen LogP contribution in [0.5, 0.6) is 0 Å². The minimum atomic E-state index is 0.956. The van der Waals surface area contributed by atoms with Gasteiger partial charge < -0.3 is 9.88 Å². The molecule has 0 spiro atoms. The highest BCUT2D eigenvalue weighted by Gasteiger charge is 2.13. The first-order chi connectivity index (χ1) is 8.13. The van der Waals surface area contributed by atoms with Gasteiger partial charge in [0, 0.05) is 35.6 Å². The molecule has 17 heavy (non-hydrogen) atoms. The molecule has 5 heteroatoms. The van der Waals surface area contributed by atoms with Gasteiger partial charge in [-0.2, -0.15) is 0 Å². The van der Waals surface area contributed by atoms with Crippen LogP contribution in [0.1, 0.15) is 11.5 Å². The summed E-state index contributed by atoms with van der Waals surface area (Å²) in [5, 5.41) is 5.25. The van der Waals surface area contributed by atoms with Crippen molar-refractivity contribution in [2.75, 3.05) is 13.6 Å². The molecule has 92 valence electrons. The Bertz CT molecular complexity index is 516. The molecule has 2 aromatic rings. The summed E-state index contributed by atoms with van der Waals surface area (Å²) in [6, 6.07) is 2.13. The summed E-state index contributed by atoms with van der Waals surface area (Å²) in [6.07, 6.45) is 0.959. The van der Waals surface area contributed by atoms with Crippen LogP contribution in [-0.4, -0.2) is 23.1 Å². The van der Waals surface area contributed by atoms with Crippen LogP contribution in [0.3, 0.4) is 0 Å². The van der Waals surface area contributed by atoms with Crippen molar-refractivity contribution in [3.63, 3.8) is 0 Å². The average molecular weight is 314 g/mol. The van der Waals surface area contributed by atoms with E-state index in [4.69, 9.17) is 4.98 Å². The maximum Gasteiger partial charge on any atom is 0.110 e. The summed E-state index contributed by atoms with van der Waals surface area (Å²) < 4.78 is 3.31. The first-order valence-corrected chi connectivity index (χ1v) is 7.22. The van der Waals surface area contributed by atoms with Crippen LogP contribution in [0.25, 0.3) is 10.6 Å². The van der Waals surface area contributed by atoms with E-state index in [0.717, 1.165) is 29.0 Å². The van der Waals surface area contributed by atoms with Gasteiger partial charge in [-0.05, 0) is 36.0 Å². The minimum Gasteiger partial charge on any atom is -0.335 e. The van der Waals surface area contributed by atoms with Crippen LogP contribution in [0.2, 0.25) is 0 Å². The first kappa shape index (κ1) is 12.8. The lowest BCUT2D eigenvalue weighted by Gasteiger charge is -2.01. The Balaban J connectivity index is 2.35. The van der Waals surface area contributed by atoms with Crippen LogP contribution in [0, 0.1) is 6.92 Å². The van der Waals surface area contributed by atoms with Crippen LogP contribution in [-0.2, 0) is 13.5 Å². The molecule has 3 nitrogen and oxygen atoms in total. The molecule has 2 aromatic heterocycles. The number of likely N-dealkylation sites (N-methyl/N-ethyl adjacent to an activating group) is 1. The van der Waals surface area contributed by atoms with Crippen molar-refractivity contribution in [3.05, 3.63) is 27.4 Å². The summed E-state index contributed by atoms with van der Waals surface area (Å²) in [6.45, 7) is 3.08. The van der Waals surface area contributed by atoms with Crippen molar-refractivity contribution >= 4 is 27.3 Å². The standard InChI is InChI=1S/C12H16BrN3S/c1-8-12(10-6-9(13)7-17-10)15-11(16(8)3)4-5-14-2/h6-7,14H,4-5H2,1-3H3. The van der Waals surface area contributed by atoms with Crippen molar-refractivity contribution < 1.29 is 0 Å². The predicted octanol–water partition coefficient (Wildman–Crippen LogP) is 2.98. The fourth-order valence-electron chi connectivity index (χ4n) is 1.77. The van der Waals surface area contributed by atoms with E-state index in [0.29, 0.717) is 0 Å². The lowest BCUT2D eigenvalue weighted by atomic mass is 10.3. The summed E-state index contributed by atoms with van der Waals surface area (Å²) in [4.78, 5) is 5.97. The van der Waals surface area contributed by atoms with Gasteiger partial charge in [0.05, 0.1) is 4.88 Å². The zero-order valence-corrected chi connectivity index (χ0v) is 12.7. The van der Waals surface area contributed by atoms with Gasteiger partial charge in [-0.25, -0.2) is 4.98 Å². The highest BCUT2D eigenvalue weighted by molar-refractivity contribution is 9.10. The largest absolute Gasteiger partial charge is 0.335 e. The summed E-state index contributed by atoms with van der Waals surface area (Å²) in [5.74, 6) is 1.14. The molecule has 0 aliphatic carbocycles. The Morgan fingerprint density at radius 2 is 2.29 bits per heavy atom. The van der Waals surface area contributed by atoms with Crippen LogP contribution in [0.4, 0.5) is 0 Å². The van der Waals surface area contributed by atoms with E-state index >= 15 is 0 Å². The van der Waals surface area contributed by atoms with Crippen molar-refractivity contribution in [2.24, 2.45) is 7.05 Å². The number of imidazole rings is 1. The molecule has 2 rings (SSSR count). The normalized spacial score (nSPS) is 11.1. The molecule has 0 fully saturated rings. The maximum absolute atomic E-state index is 4.74. The second kappa shape index (κ2) is 5.33. The fraction of sp³-hybridized carbons (Fsp3) is 0.417. The average Bonchev–Trinajstić information content (AvgIpc) is 2.84. The van der Waals surface area contributed by atoms with E-state index in [9.17, 15) is 0 Å². The Hall–Kier alpha value is -0.650. The number of halogens is 1. The molecule has 0 bridgehead atoms. The molecule has 0 amide bonds. The quantitative estimate of drug-likeness (QED) is 0.940. The van der Waals surface area contributed by atoms with E-state index < -0.39 is 0 Å². The number of hydrogen-bond acceptors (Lipinski definition) is 3. The number of nitrogens with zero attached hydrogens (tertiary/aromatic N) is 2. The molecular weight excluding hydrogens is 298 g/mol. The first-order valence-electron chi connectivity index (χ1n) is 5.54. The fourth-order valence-corrected chi connectivity index (χ4v) is 3.24. The Kier molecular flexibility index (Phi) is 4.01. The van der Waals surface area contributed by atoms with Crippen LogP contribution in [0.15, 0.2) is 15.9 Å². The van der Waals surface area contributed by atoms with E-state index in [1.165, 1.54) is 10.6 Å². The number of rotatable bonds is 4. The van der Waals surface area contributed by atoms with Crippen molar-refractivity contribution in [1.82, 2.24) is 14.9 Å². The maximum atomic E-state index is 4.74. The predicted molar refractivity (Wildman–Crippen MR) is 76.6 cm³/mol.